The molecule has 0 aliphatic heterocycles. The molecule has 0 aromatic carbocycles. The molecule has 0 saturated carbocycles. The number of methoxy groups -OCH3 is 1. The average Bonchev–Trinajstić information content (AvgIpc) is 2.04. The zero-order chi connectivity index (χ0) is 9.14. The molecule has 0 aliphatic carbocycles. The normalized spacial score (nSPS) is 10.4. The van der Waals surface area contributed by atoms with Gasteiger partial charge in [0.25, 0.3) is 6.43 Å². The molecular formula is C7H6F3NO. The van der Waals surface area contributed by atoms with Crippen LogP contribution in [-0.2, 0) is 0 Å². The van der Waals surface area contributed by atoms with Crippen molar-refractivity contribution >= 4 is 0 Å². The van der Waals surface area contributed by atoms with Crippen molar-refractivity contribution in [3.63, 3.8) is 0 Å². The molecule has 2 nitrogen and oxygen atoms in total. The van der Waals surface area contributed by atoms with Gasteiger partial charge >= 0.3 is 0 Å². The Labute approximate surface area is 67.0 Å². The van der Waals surface area contributed by atoms with E-state index in [2.05, 4.69) is 9.72 Å². The van der Waals surface area contributed by atoms with Gasteiger partial charge in [-0.25, -0.2) is 13.2 Å². The number of hydrogen-bond donors (Lipinski definition) is 0. The van der Waals surface area contributed by atoms with E-state index in [0.717, 1.165) is 6.20 Å². The lowest BCUT2D eigenvalue weighted by Crippen LogP contribution is -1.98. The zero-order valence-corrected chi connectivity index (χ0v) is 6.22. The first-order valence-corrected chi connectivity index (χ1v) is 3.13. The molecule has 0 aliphatic rings. The molecule has 0 atom stereocenters. The Morgan fingerprint density at radius 1 is 1.50 bits per heavy atom. The van der Waals surface area contributed by atoms with Crippen LogP contribution in [0.1, 0.15) is 12.1 Å². The summed E-state index contributed by atoms with van der Waals surface area (Å²) < 4.78 is 41.3. The molecule has 1 aromatic rings. The van der Waals surface area contributed by atoms with Gasteiger partial charge in [0.1, 0.15) is 5.69 Å². The number of ether oxygens (including phenoxy) is 1. The number of alkyl halides is 2. The molecule has 12 heavy (non-hydrogen) atoms. The molecule has 66 valence electrons. The van der Waals surface area contributed by atoms with E-state index in [1.807, 2.05) is 0 Å². The second kappa shape index (κ2) is 3.42. The zero-order valence-electron chi connectivity index (χ0n) is 6.22. The highest BCUT2D eigenvalue weighted by Crippen LogP contribution is 2.25. The van der Waals surface area contributed by atoms with Crippen LogP contribution < -0.4 is 4.74 Å². The highest BCUT2D eigenvalue weighted by molar-refractivity contribution is 5.25. The Bertz CT molecular complexity index is 277. The number of aromatic nitrogens is 1. The highest BCUT2D eigenvalue weighted by atomic mass is 19.3. The van der Waals surface area contributed by atoms with E-state index in [-0.39, 0.29) is 5.75 Å². The molecule has 0 unspecified atom stereocenters. The van der Waals surface area contributed by atoms with Crippen molar-refractivity contribution in [2.24, 2.45) is 0 Å². The summed E-state index contributed by atoms with van der Waals surface area (Å²) in [6.45, 7) is 0. The van der Waals surface area contributed by atoms with Gasteiger partial charge in [-0.15, -0.1) is 0 Å². The van der Waals surface area contributed by atoms with Gasteiger partial charge in [0.05, 0.1) is 7.11 Å². The summed E-state index contributed by atoms with van der Waals surface area (Å²) in [7, 11) is 1.20. The van der Waals surface area contributed by atoms with Crippen LogP contribution in [0, 0.1) is 5.82 Å². The minimum Gasteiger partial charge on any atom is -0.494 e. The maximum Gasteiger partial charge on any atom is 0.283 e. The molecule has 0 spiro atoms. The Balaban J connectivity index is 3.14. The lowest BCUT2D eigenvalue weighted by Gasteiger charge is -2.04. The number of hydrogen-bond acceptors (Lipinski definition) is 2. The van der Waals surface area contributed by atoms with Gasteiger partial charge in [-0.3, -0.25) is 4.98 Å². The topological polar surface area (TPSA) is 22.1 Å². The van der Waals surface area contributed by atoms with Gasteiger partial charge in [-0.2, -0.15) is 0 Å². The van der Waals surface area contributed by atoms with Crippen LogP contribution in [0.2, 0.25) is 0 Å². The highest BCUT2D eigenvalue weighted by Gasteiger charge is 2.17. The largest absolute Gasteiger partial charge is 0.494 e. The summed E-state index contributed by atoms with van der Waals surface area (Å²) >= 11 is 0. The lowest BCUT2D eigenvalue weighted by molar-refractivity contribution is 0.139. The molecule has 1 rings (SSSR count). The van der Waals surface area contributed by atoms with Crippen LogP contribution in [-0.4, -0.2) is 12.1 Å². The van der Waals surface area contributed by atoms with Gasteiger partial charge in [0, 0.05) is 12.3 Å². The first-order valence-electron chi connectivity index (χ1n) is 3.13. The minimum absolute atomic E-state index is 0.222. The molecule has 1 heterocycles. The van der Waals surface area contributed by atoms with E-state index in [1.54, 1.807) is 0 Å². The monoisotopic (exact) mass is 177 g/mol. The second-order valence-corrected chi connectivity index (χ2v) is 2.01. The van der Waals surface area contributed by atoms with E-state index in [1.165, 1.54) is 13.2 Å². The Morgan fingerprint density at radius 3 is 2.67 bits per heavy atom. The number of nitrogens with zero attached hydrogens (tertiary/aromatic N) is 1. The summed E-state index contributed by atoms with van der Waals surface area (Å²) in [6.07, 6.45) is -1.84. The Hall–Kier alpha value is -1.26. The van der Waals surface area contributed by atoms with Crippen molar-refractivity contribution in [2.75, 3.05) is 7.11 Å². The van der Waals surface area contributed by atoms with Crippen molar-refractivity contribution < 1.29 is 17.9 Å². The van der Waals surface area contributed by atoms with E-state index >= 15 is 0 Å². The fourth-order valence-electron chi connectivity index (χ4n) is 0.751. The first-order chi connectivity index (χ1) is 5.66. The number of halogens is 3. The molecule has 0 fully saturated rings. The first kappa shape index (κ1) is 8.83. The van der Waals surface area contributed by atoms with Crippen molar-refractivity contribution in [1.29, 1.82) is 0 Å². The molecule has 0 amide bonds. The molecule has 0 radical (unpaired) electrons. The Morgan fingerprint density at radius 2 is 2.17 bits per heavy atom. The average molecular weight is 177 g/mol. The van der Waals surface area contributed by atoms with Gasteiger partial charge in [-0.05, 0) is 0 Å². The predicted molar refractivity (Wildman–Crippen MR) is 35.7 cm³/mol. The summed E-state index contributed by atoms with van der Waals surface area (Å²) in [6, 6.07) is 1.18. The molecule has 1 aromatic heterocycles. The SMILES string of the molecule is COc1ccnc(C(F)F)c1F. The van der Waals surface area contributed by atoms with Crippen LogP contribution in [0.25, 0.3) is 0 Å². The van der Waals surface area contributed by atoms with E-state index in [9.17, 15) is 13.2 Å². The molecule has 0 saturated heterocycles. The van der Waals surface area contributed by atoms with Crippen LogP contribution in [0.5, 0.6) is 5.75 Å². The quantitative estimate of drug-likeness (QED) is 0.690. The van der Waals surface area contributed by atoms with Crippen LogP contribution in [0.15, 0.2) is 12.3 Å². The summed E-state index contributed by atoms with van der Waals surface area (Å²) in [4.78, 5) is 3.18. The summed E-state index contributed by atoms with van der Waals surface area (Å²) in [5.41, 5.74) is -0.880. The van der Waals surface area contributed by atoms with E-state index < -0.39 is 17.9 Å². The maximum absolute atomic E-state index is 12.9. The van der Waals surface area contributed by atoms with Crippen molar-refractivity contribution in [1.82, 2.24) is 4.98 Å². The third kappa shape index (κ3) is 1.49. The summed E-state index contributed by atoms with van der Waals surface area (Å²) in [5.74, 6) is -1.32. The van der Waals surface area contributed by atoms with Crippen LogP contribution in [0.3, 0.4) is 0 Å². The molecule has 0 N–H and O–H groups in total. The minimum atomic E-state index is -2.92. The van der Waals surface area contributed by atoms with Gasteiger partial charge < -0.3 is 4.74 Å². The van der Waals surface area contributed by atoms with E-state index in [4.69, 9.17) is 0 Å². The maximum atomic E-state index is 12.9. The van der Waals surface area contributed by atoms with E-state index in [0.29, 0.717) is 0 Å². The fourth-order valence-corrected chi connectivity index (χ4v) is 0.751. The second-order valence-electron chi connectivity index (χ2n) is 2.01. The van der Waals surface area contributed by atoms with Gasteiger partial charge in [0.15, 0.2) is 11.6 Å². The molecular weight excluding hydrogens is 171 g/mol. The Kier molecular flexibility index (Phi) is 2.52. The van der Waals surface area contributed by atoms with Crippen LogP contribution in [0.4, 0.5) is 13.2 Å². The van der Waals surface area contributed by atoms with Crippen molar-refractivity contribution in [3.8, 4) is 5.75 Å². The van der Waals surface area contributed by atoms with Crippen LogP contribution >= 0.6 is 0 Å². The smallest absolute Gasteiger partial charge is 0.283 e. The third-order valence-electron chi connectivity index (χ3n) is 1.31. The molecule has 0 bridgehead atoms. The standard InChI is InChI=1S/C7H6F3NO/c1-12-4-2-3-11-6(5(4)8)7(9)10/h2-3,7H,1H3. The predicted octanol–water partition coefficient (Wildman–Crippen LogP) is 2.17. The van der Waals surface area contributed by atoms with Crippen molar-refractivity contribution in [2.45, 2.75) is 6.43 Å². The van der Waals surface area contributed by atoms with Crippen molar-refractivity contribution in [3.05, 3.63) is 23.8 Å². The lowest BCUT2D eigenvalue weighted by atomic mass is 10.3. The summed E-state index contributed by atoms with van der Waals surface area (Å²) in [5, 5.41) is 0. The molecule has 5 heteroatoms. The fraction of sp³-hybridized carbons (Fsp3) is 0.286. The number of pyridine rings is 1. The number of rotatable bonds is 2. The third-order valence-corrected chi connectivity index (χ3v) is 1.31. The van der Waals surface area contributed by atoms with Gasteiger partial charge in [0.2, 0.25) is 0 Å². The van der Waals surface area contributed by atoms with Gasteiger partial charge in [-0.1, -0.05) is 0 Å².